The van der Waals surface area contributed by atoms with Crippen LogP contribution in [0.25, 0.3) is 0 Å². The van der Waals surface area contributed by atoms with Crippen molar-refractivity contribution in [3.05, 3.63) is 24.0 Å². The van der Waals surface area contributed by atoms with E-state index in [2.05, 4.69) is 20.5 Å². The molecule has 1 aliphatic heterocycles. The Labute approximate surface area is 131 Å². The van der Waals surface area contributed by atoms with Crippen molar-refractivity contribution in [3.8, 4) is 0 Å². The van der Waals surface area contributed by atoms with Crippen molar-refractivity contribution in [2.75, 3.05) is 65.0 Å². The van der Waals surface area contributed by atoms with Gasteiger partial charge in [0.05, 0.1) is 31.7 Å². The van der Waals surface area contributed by atoms with Gasteiger partial charge in [0.25, 0.3) is 5.91 Å². The summed E-state index contributed by atoms with van der Waals surface area (Å²) in [6, 6.07) is 3.59. The van der Waals surface area contributed by atoms with E-state index in [0.717, 1.165) is 45.1 Å². The van der Waals surface area contributed by atoms with Crippen molar-refractivity contribution in [2.45, 2.75) is 0 Å². The number of hydrogen-bond acceptors (Lipinski definition) is 6. The summed E-state index contributed by atoms with van der Waals surface area (Å²) in [4.78, 5) is 18.3. The topological polar surface area (TPSA) is 75.7 Å². The van der Waals surface area contributed by atoms with E-state index in [1.807, 2.05) is 6.07 Å². The summed E-state index contributed by atoms with van der Waals surface area (Å²) in [5, 5.41) is 6.05. The van der Waals surface area contributed by atoms with Crippen LogP contribution >= 0.6 is 0 Å². The van der Waals surface area contributed by atoms with Gasteiger partial charge in [-0.2, -0.15) is 0 Å². The molecule has 1 aromatic rings. The van der Waals surface area contributed by atoms with E-state index in [-0.39, 0.29) is 5.91 Å². The summed E-state index contributed by atoms with van der Waals surface area (Å²) in [6.45, 7) is 6.40. The van der Waals surface area contributed by atoms with Gasteiger partial charge in [0.15, 0.2) is 0 Å². The van der Waals surface area contributed by atoms with Gasteiger partial charge in [-0.3, -0.25) is 9.69 Å². The number of nitrogens with zero attached hydrogens (tertiary/aromatic N) is 2. The molecule has 0 aromatic carbocycles. The van der Waals surface area contributed by atoms with Crippen LogP contribution in [0.2, 0.25) is 0 Å². The number of amides is 1. The maximum absolute atomic E-state index is 11.8. The largest absolute Gasteiger partial charge is 0.383 e. The third-order valence-corrected chi connectivity index (χ3v) is 3.45. The van der Waals surface area contributed by atoms with Gasteiger partial charge in [0.1, 0.15) is 5.69 Å². The van der Waals surface area contributed by atoms with E-state index in [0.29, 0.717) is 18.8 Å². The maximum atomic E-state index is 11.8. The SMILES string of the molecule is COCCNC(=O)c1ccc(NCCN2CCOCC2)cn1. The van der Waals surface area contributed by atoms with Crippen LogP contribution in [0.1, 0.15) is 10.5 Å². The first-order valence-corrected chi connectivity index (χ1v) is 7.57. The Bertz CT molecular complexity index is 447. The normalized spacial score (nSPS) is 15.5. The smallest absolute Gasteiger partial charge is 0.269 e. The average Bonchev–Trinajstić information content (AvgIpc) is 2.56. The minimum atomic E-state index is -0.183. The summed E-state index contributed by atoms with van der Waals surface area (Å²) in [5.74, 6) is -0.183. The van der Waals surface area contributed by atoms with Gasteiger partial charge in [-0.15, -0.1) is 0 Å². The van der Waals surface area contributed by atoms with Crippen LogP contribution in [0.4, 0.5) is 5.69 Å². The highest BCUT2D eigenvalue weighted by atomic mass is 16.5. The molecule has 0 aliphatic carbocycles. The van der Waals surface area contributed by atoms with E-state index in [1.165, 1.54) is 0 Å². The Kier molecular flexibility index (Phi) is 7.08. The zero-order valence-electron chi connectivity index (χ0n) is 13.0. The molecule has 2 rings (SSSR count). The number of aromatic nitrogens is 1. The van der Waals surface area contributed by atoms with Gasteiger partial charge >= 0.3 is 0 Å². The number of nitrogens with one attached hydrogen (secondary N) is 2. The van der Waals surface area contributed by atoms with Crippen LogP contribution in [0.15, 0.2) is 18.3 Å². The molecule has 2 N–H and O–H groups in total. The van der Waals surface area contributed by atoms with Crippen molar-refractivity contribution in [3.63, 3.8) is 0 Å². The second kappa shape index (κ2) is 9.34. The molecular weight excluding hydrogens is 284 g/mol. The first-order chi connectivity index (χ1) is 10.8. The number of rotatable bonds is 8. The van der Waals surface area contributed by atoms with Gasteiger partial charge in [-0.05, 0) is 12.1 Å². The zero-order valence-corrected chi connectivity index (χ0v) is 13.0. The molecule has 7 nitrogen and oxygen atoms in total. The number of anilines is 1. The fraction of sp³-hybridized carbons (Fsp3) is 0.600. The lowest BCUT2D eigenvalue weighted by molar-refractivity contribution is 0.0398. The number of carbonyl (C=O) groups is 1. The Morgan fingerprint density at radius 3 is 2.86 bits per heavy atom. The van der Waals surface area contributed by atoms with Crippen molar-refractivity contribution in [1.29, 1.82) is 0 Å². The first kappa shape index (κ1) is 16.7. The molecule has 7 heteroatoms. The molecule has 1 fully saturated rings. The number of hydrogen-bond donors (Lipinski definition) is 2. The van der Waals surface area contributed by atoms with Crippen LogP contribution in [0, 0.1) is 0 Å². The highest BCUT2D eigenvalue weighted by Crippen LogP contribution is 2.06. The van der Waals surface area contributed by atoms with Gasteiger partial charge in [0, 0.05) is 39.8 Å². The van der Waals surface area contributed by atoms with Crippen molar-refractivity contribution in [2.24, 2.45) is 0 Å². The van der Waals surface area contributed by atoms with Crippen LogP contribution in [0.5, 0.6) is 0 Å². The molecule has 0 bridgehead atoms. The van der Waals surface area contributed by atoms with Crippen molar-refractivity contribution >= 4 is 11.6 Å². The molecule has 0 unspecified atom stereocenters. The minimum absolute atomic E-state index is 0.183. The van der Waals surface area contributed by atoms with E-state index in [4.69, 9.17) is 9.47 Å². The highest BCUT2D eigenvalue weighted by molar-refractivity contribution is 5.92. The second-order valence-corrected chi connectivity index (χ2v) is 5.06. The van der Waals surface area contributed by atoms with Gasteiger partial charge < -0.3 is 20.1 Å². The van der Waals surface area contributed by atoms with Crippen LogP contribution < -0.4 is 10.6 Å². The second-order valence-electron chi connectivity index (χ2n) is 5.06. The van der Waals surface area contributed by atoms with Gasteiger partial charge in [-0.25, -0.2) is 4.98 Å². The zero-order chi connectivity index (χ0) is 15.6. The van der Waals surface area contributed by atoms with E-state index < -0.39 is 0 Å². The van der Waals surface area contributed by atoms with Crippen LogP contribution in [-0.4, -0.2) is 75.4 Å². The predicted molar refractivity (Wildman–Crippen MR) is 84.2 cm³/mol. The Hall–Kier alpha value is -1.70. The van der Waals surface area contributed by atoms with Gasteiger partial charge in [0.2, 0.25) is 0 Å². The molecule has 1 aromatic heterocycles. The lowest BCUT2D eigenvalue weighted by Crippen LogP contribution is -2.39. The third kappa shape index (κ3) is 5.59. The summed E-state index contributed by atoms with van der Waals surface area (Å²) in [6.07, 6.45) is 1.69. The Balaban J connectivity index is 1.70. The summed E-state index contributed by atoms with van der Waals surface area (Å²) in [7, 11) is 1.60. The molecule has 2 heterocycles. The van der Waals surface area contributed by atoms with E-state index in [9.17, 15) is 4.79 Å². The molecule has 1 saturated heterocycles. The number of carbonyl (C=O) groups excluding carboxylic acids is 1. The Morgan fingerprint density at radius 1 is 1.36 bits per heavy atom. The lowest BCUT2D eigenvalue weighted by Gasteiger charge is -2.26. The summed E-state index contributed by atoms with van der Waals surface area (Å²) >= 11 is 0. The number of morpholine rings is 1. The molecule has 122 valence electrons. The molecule has 0 radical (unpaired) electrons. The monoisotopic (exact) mass is 308 g/mol. The Morgan fingerprint density at radius 2 is 2.18 bits per heavy atom. The summed E-state index contributed by atoms with van der Waals surface area (Å²) in [5.41, 5.74) is 1.33. The highest BCUT2D eigenvalue weighted by Gasteiger charge is 2.09. The quantitative estimate of drug-likeness (QED) is 0.668. The molecule has 1 amide bonds. The maximum Gasteiger partial charge on any atom is 0.269 e. The molecule has 1 aliphatic rings. The van der Waals surface area contributed by atoms with E-state index in [1.54, 1.807) is 19.4 Å². The fourth-order valence-corrected chi connectivity index (χ4v) is 2.17. The van der Waals surface area contributed by atoms with Crippen LogP contribution in [-0.2, 0) is 9.47 Å². The average molecular weight is 308 g/mol. The van der Waals surface area contributed by atoms with E-state index >= 15 is 0 Å². The third-order valence-electron chi connectivity index (χ3n) is 3.45. The number of pyridine rings is 1. The van der Waals surface area contributed by atoms with Crippen LogP contribution in [0.3, 0.4) is 0 Å². The number of ether oxygens (including phenoxy) is 2. The van der Waals surface area contributed by atoms with Crippen molar-refractivity contribution < 1.29 is 14.3 Å². The molecular formula is C15H24N4O3. The van der Waals surface area contributed by atoms with Crippen molar-refractivity contribution in [1.82, 2.24) is 15.2 Å². The standard InChI is InChI=1S/C15H24N4O3/c1-21-9-5-17-15(20)14-3-2-13(12-18-14)16-4-6-19-7-10-22-11-8-19/h2-3,12,16H,4-11H2,1H3,(H,17,20). The fourth-order valence-electron chi connectivity index (χ4n) is 2.17. The molecule has 0 spiro atoms. The minimum Gasteiger partial charge on any atom is -0.383 e. The molecule has 0 atom stereocenters. The first-order valence-electron chi connectivity index (χ1n) is 7.57. The summed E-state index contributed by atoms with van der Waals surface area (Å²) < 4.78 is 10.2. The molecule has 22 heavy (non-hydrogen) atoms. The predicted octanol–water partition coefficient (Wildman–Crippen LogP) is 0.202. The number of methoxy groups -OCH3 is 1. The van der Waals surface area contributed by atoms with Gasteiger partial charge in [-0.1, -0.05) is 0 Å². The lowest BCUT2D eigenvalue weighted by atomic mass is 10.3. The molecule has 0 saturated carbocycles.